The molecule has 0 aliphatic rings. The molecule has 0 fully saturated rings. The van der Waals surface area contributed by atoms with Crippen molar-refractivity contribution < 1.29 is 13.2 Å². The van der Waals surface area contributed by atoms with Crippen LogP contribution in [0.5, 0.6) is 0 Å². The van der Waals surface area contributed by atoms with Gasteiger partial charge in [0, 0.05) is 28.0 Å². The Bertz CT molecular complexity index is 1100. The van der Waals surface area contributed by atoms with Crippen molar-refractivity contribution in [3.8, 4) is 0 Å². The van der Waals surface area contributed by atoms with Crippen LogP contribution in [-0.4, -0.2) is 22.9 Å². The van der Waals surface area contributed by atoms with Gasteiger partial charge in [0.15, 0.2) is 0 Å². The lowest BCUT2D eigenvalue weighted by molar-refractivity contribution is 0.0956. The van der Waals surface area contributed by atoms with Gasteiger partial charge >= 0.3 is 5.69 Å². The normalized spacial score (nSPS) is 11.4. The maximum absolute atomic E-state index is 12.6. The van der Waals surface area contributed by atoms with Crippen molar-refractivity contribution >= 4 is 39.1 Å². The molecule has 0 atom stereocenters. The molecule has 0 spiro atoms. The van der Waals surface area contributed by atoms with E-state index in [2.05, 4.69) is 0 Å². The molecule has 0 amide bonds. The van der Waals surface area contributed by atoms with E-state index >= 15 is 0 Å². The molecule has 3 aromatic rings. The highest BCUT2D eigenvalue weighted by molar-refractivity contribution is 7.90. The standard InChI is InChI=1S/C16H10Cl2N2O4S/c17-12-3-1-11(2-4-12)15(21)19-9-10-20(16(19)22)25(23,24)14-7-5-13(18)6-8-14/h1-10H. The third kappa shape index (κ3) is 3.26. The van der Waals surface area contributed by atoms with Gasteiger partial charge in [-0.1, -0.05) is 23.2 Å². The van der Waals surface area contributed by atoms with Crippen LogP contribution in [0.1, 0.15) is 10.4 Å². The molecule has 25 heavy (non-hydrogen) atoms. The number of aromatic nitrogens is 2. The van der Waals surface area contributed by atoms with E-state index in [4.69, 9.17) is 23.2 Å². The fraction of sp³-hybridized carbons (Fsp3) is 0. The summed E-state index contributed by atoms with van der Waals surface area (Å²) in [6, 6.07) is 11.3. The molecule has 0 aliphatic heterocycles. The number of imidazole rings is 1. The van der Waals surface area contributed by atoms with Crippen LogP contribution in [0.4, 0.5) is 0 Å². The second kappa shape index (κ2) is 6.51. The van der Waals surface area contributed by atoms with Gasteiger partial charge in [-0.2, -0.15) is 3.97 Å². The van der Waals surface area contributed by atoms with Crippen LogP contribution < -0.4 is 5.69 Å². The molecule has 0 bridgehead atoms. The second-order valence-corrected chi connectivity index (χ2v) is 7.71. The SMILES string of the molecule is O=C(c1ccc(Cl)cc1)n1ccn(S(=O)(=O)c2ccc(Cl)cc2)c1=O. The Morgan fingerprint density at radius 2 is 1.36 bits per heavy atom. The Morgan fingerprint density at radius 3 is 1.92 bits per heavy atom. The van der Waals surface area contributed by atoms with Gasteiger partial charge < -0.3 is 0 Å². The quantitative estimate of drug-likeness (QED) is 0.681. The monoisotopic (exact) mass is 396 g/mol. The minimum atomic E-state index is -4.14. The Morgan fingerprint density at radius 1 is 0.840 bits per heavy atom. The predicted octanol–water partition coefficient (Wildman–Crippen LogP) is 2.88. The number of benzene rings is 2. The van der Waals surface area contributed by atoms with E-state index in [1.54, 1.807) is 0 Å². The summed E-state index contributed by atoms with van der Waals surface area (Å²) >= 11 is 11.5. The first-order chi connectivity index (χ1) is 11.8. The van der Waals surface area contributed by atoms with Crippen molar-refractivity contribution in [3.05, 3.63) is 87.0 Å². The fourth-order valence-corrected chi connectivity index (χ4v) is 3.62. The lowest BCUT2D eigenvalue weighted by Crippen LogP contribution is -2.32. The molecule has 6 nitrogen and oxygen atoms in total. The topological polar surface area (TPSA) is 78.1 Å². The summed E-state index contributed by atoms with van der Waals surface area (Å²) in [5.74, 6) is -0.660. The molecular formula is C16H10Cl2N2O4S. The number of nitrogens with zero attached hydrogens (tertiary/aromatic N) is 2. The summed E-state index contributed by atoms with van der Waals surface area (Å²) < 4.78 is 26.3. The summed E-state index contributed by atoms with van der Waals surface area (Å²) in [7, 11) is -4.14. The molecule has 2 aromatic carbocycles. The average molecular weight is 397 g/mol. The average Bonchev–Trinajstić information content (AvgIpc) is 2.97. The van der Waals surface area contributed by atoms with Gasteiger partial charge in [0.2, 0.25) is 0 Å². The van der Waals surface area contributed by atoms with Crippen LogP contribution in [0.2, 0.25) is 10.0 Å². The van der Waals surface area contributed by atoms with E-state index in [-0.39, 0.29) is 10.5 Å². The third-order valence-electron chi connectivity index (χ3n) is 3.43. The molecule has 1 aromatic heterocycles. The summed E-state index contributed by atoms with van der Waals surface area (Å²) in [5, 5.41) is 0.800. The lowest BCUT2D eigenvalue weighted by atomic mass is 10.2. The maximum Gasteiger partial charge on any atom is 0.349 e. The number of hydrogen-bond acceptors (Lipinski definition) is 4. The molecule has 0 N–H and O–H groups in total. The van der Waals surface area contributed by atoms with Gasteiger partial charge in [0.05, 0.1) is 4.90 Å². The largest absolute Gasteiger partial charge is 0.349 e. The Labute approximate surface area is 152 Å². The number of hydrogen-bond donors (Lipinski definition) is 0. The minimum Gasteiger partial charge on any atom is -0.268 e. The highest BCUT2D eigenvalue weighted by Gasteiger charge is 2.22. The van der Waals surface area contributed by atoms with Crippen molar-refractivity contribution in [2.75, 3.05) is 0 Å². The van der Waals surface area contributed by atoms with E-state index in [1.165, 1.54) is 48.5 Å². The van der Waals surface area contributed by atoms with E-state index in [0.29, 0.717) is 14.0 Å². The van der Waals surface area contributed by atoms with Crippen LogP contribution in [0.15, 0.2) is 70.6 Å². The molecule has 0 aliphatic carbocycles. The molecule has 0 radical (unpaired) electrons. The summed E-state index contributed by atoms with van der Waals surface area (Å²) in [4.78, 5) is 24.7. The Hall–Kier alpha value is -2.35. The van der Waals surface area contributed by atoms with Crippen molar-refractivity contribution in [1.29, 1.82) is 0 Å². The third-order valence-corrected chi connectivity index (χ3v) is 5.59. The molecule has 3 rings (SSSR count). The molecule has 0 saturated heterocycles. The molecular weight excluding hydrogens is 387 g/mol. The molecule has 9 heteroatoms. The van der Waals surface area contributed by atoms with Crippen molar-refractivity contribution in [2.45, 2.75) is 4.90 Å². The van der Waals surface area contributed by atoms with Crippen LogP contribution >= 0.6 is 23.2 Å². The number of carbonyl (C=O) groups excluding carboxylic acids is 1. The zero-order valence-electron chi connectivity index (χ0n) is 12.5. The van der Waals surface area contributed by atoms with Crippen molar-refractivity contribution in [2.24, 2.45) is 0 Å². The summed E-state index contributed by atoms with van der Waals surface area (Å²) in [6.45, 7) is 0. The van der Waals surface area contributed by atoms with Crippen molar-refractivity contribution in [1.82, 2.24) is 8.54 Å². The van der Waals surface area contributed by atoms with E-state index in [1.807, 2.05) is 0 Å². The Balaban J connectivity index is 2.04. The van der Waals surface area contributed by atoms with Gasteiger partial charge in [0.1, 0.15) is 0 Å². The zero-order chi connectivity index (χ0) is 18.2. The summed E-state index contributed by atoms with van der Waals surface area (Å²) in [5.41, 5.74) is -0.789. The van der Waals surface area contributed by atoms with E-state index in [0.717, 1.165) is 17.0 Å². The zero-order valence-corrected chi connectivity index (χ0v) is 14.8. The van der Waals surface area contributed by atoms with Gasteiger partial charge in [-0.05, 0) is 48.5 Å². The number of halogens is 2. The Kier molecular flexibility index (Phi) is 4.55. The molecule has 0 saturated carbocycles. The van der Waals surface area contributed by atoms with Gasteiger partial charge in [-0.15, -0.1) is 0 Å². The molecule has 1 heterocycles. The van der Waals surface area contributed by atoms with Crippen LogP contribution in [0, 0.1) is 0 Å². The number of carbonyl (C=O) groups is 1. The van der Waals surface area contributed by atoms with Gasteiger partial charge in [0.25, 0.3) is 15.9 Å². The van der Waals surface area contributed by atoms with Crippen molar-refractivity contribution in [3.63, 3.8) is 0 Å². The van der Waals surface area contributed by atoms with Gasteiger partial charge in [-0.25, -0.2) is 17.8 Å². The molecule has 0 unspecified atom stereocenters. The highest BCUT2D eigenvalue weighted by atomic mass is 35.5. The van der Waals surface area contributed by atoms with E-state index in [9.17, 15) is 18.0 Å². The smallest absolute Gasteiger partial charge is 0.268 e. The second-order valence-electron chi connectivity index (χ2n) is 5.02. The van der Waals surface area contributed by atoms with Crippen LogP contribution in [-0.2, 0) is 10.0 Å². The predicted molar refractivity (Wildman–Crippen MR) is 93.9 cm³/mol. The maximum atomic E-state index is 12.6. The van der Waals surface area contributed by atoms with Crippen LogP contribution in [0.25, 0.3) is 0 Å². The first kappa shape index (κ1) is 17.5. The van der Waals surface area contributed by atoms with Crippen LogP contribution in [0.3, 0.4) is 0 Å². The first-order valence-electron chi connectivity index (χ1n) is 6.92. The summed E-state index contributed by atoms with van der Waals surface area (Å²) in [6.07, 6.45) is 2.13. The lowest BCUT2D eigenvalue weighted by Gasteiger charge is -2.05. The minimum absolute atomic E-state index is 0.115. The molecule has 128 valence electrons. The first-order valence-corrected chi connectivity index (χ1v) is 9.12. The highest BCUT2D eigenvalue weighted by Crippen LogP contribution is 2.16. The van der Waals surface area contributed by atoms with Gasteiger partial charge in [-0.3, -0.25) is 4.79 Å². The van der Waals surface area contributed by atoms with E-state index < -0.39 is 21.6 Å². The fourth-order valence-electron chi connectivity index (χ4n) is 2.15. The number of rotatable bonds is 3.